The second kappa shape index (κ2) is 7.27. The number of amides is 1. The molecule has 1 aromatic heterocycles. The molecule has 1 saturated heterocycles. The summed E-state index contributed by atoms with van der Waals surface area (Å²) in [6, 6.07) is 9.25. The van der Waals surface area contributed by atoms with Crippen LogP contribution in [0.2, 0.25) is 0 Å². The van der Waals surface area contributed by atoms with Gasteiger partial charge in [-0.25, -0.2) is 8.42 Å². The van der Waals surface area contributed by atoms with Crippen LogP contribution in [-0.4, -0.2) is 31.7 Å². The number of hydrogen-bond acceptors (Lipinski definition) is 4. The van der Waals surface area contributed by atoms with E-state index >= 15 is 0 Å². The number of nitrogens with one attached hydrogen (secondary N) is 1. The molecule has 0 radical (unpaired) electrons. The third-order valence-electron chi connectivity index (χ3n) is 4.50. The van der Waals surface area contributed by atoms with E-state index in [1.54, 1.807) is 17.5 Å². The van der Waals surface area contributed by atoms with Gasteiger partial charge >= 0.3 is 0 Å². The first-order valence-electron chi connectivity index (χ1n) is 8.29. The number of nitrogens with zero attached hydrogens (tertiary/aromatic N) is 1. The Bertz CT molecular complexity index is 860. The number of benzene rings is 1. The molecule has 3 rings (SSSR count). The van der Waals surface area contributed by atoms with Gasteiger partial charge in [-0.3, -0.25) is 4.79 Å². The van der Waals surface area contributed by atoms with Gasteiger partial charge in [-0.2, -0.15) is 4.31 Å². The number of aryl methyl sites for hydroxylation is 2. The van der Waals surface area contributed by atoms with Crippen LogP contribution in [0.1, 0.15) is 24.0 Å². The SMILES string of the molecule is Cc1ccc(C)c(NC(=O)C2CCCN(S(=O)(=O)c3cccs3)C2)c1. The fourth-order valence-corrected chi connectivity index (χ4v) is 5.69. The van der Waals surface area contributed by atoms with E-state index in [2.05, 4.69) is 5.32 Å². The molecule has 2 aromatic rings. The standard InChI is InChI=1S/C18H22N2O3S2/c1-13-7-8-14(2)16(11-13)19-18(21)15-5-3-9-20(12-15)25(22,23)17-6-4-10-24-17/h4,6-8,10-11,15H,3,5,9,12H2,1-2H3,(H,19,21). The van der Waals surface area contributed by atoms with Gasteiger partial charge in [0.25, 0.3) is 10.0 Å². The third-order valence-corrected chi connectivity index (χ3v) is 7.73. The predicted octanol–water partition coefficient (Wildman–Crippen LogP) is 3.40. The van der Waals surface area contributed by atoms with Gasteiger partial charge in [0, 0.05) is 18.8 Å². The molecular weight excluding hydrogens is 356 g/mol. The summed E-state index contributed by atoms with van der Waals surface area (Å²) >= 11 is 1.21. The monoisotopic (exact) mass is 378 g/mol. The lowest BCUT2D eigenvalue weighted by molar-refractivity contribution is -0.120. The van der Waals surface area contributed by atoms with Gasteiger partial charge < -0.3 is 5.32 Å². The molecule has 1 amide bonds. The summed E-state index contributed by atoms with van der Waals surface area (Å²) in [5.41, 5.74) is 2.87. The molecule has 1 aliphatic heterocycles. The predicted molar refractivity (Wildman–Crippen MR) is 100 cm³/mol. The number of sulfonamides is 1. The van der Waals surface area contributed by atoms with Crippen LogP contribution in [0.5, 0.6) is 0 Å². The topological polar surface area (TPSA) is 66.5 Å². The van der Waals surface area contributed by atoms with Gasteiger partial charge in [-0.1, -0.05) is 18.2 Å². The van der Waals surface area contributed by atoms with Crippen molar-refractivity contribution in [2.24, 2.45) is 5.92 Å². The highest BCUT2D eigenvalue weighted by Crippen LogP contribution is 2.27. The number of thiophene rings is 1. The summed E-state index contributed by atoms with van der Waals surface area (Å²) in [6.45, 7) is 4.62. The maximum absolute atomic E-state index is 12.7. The maximum atomic E-state index is 12.7. The van der Waals surface area contributed by atoms with Crippen molar-refractivity contribution in [1.29, 1.82) is 0 Å². The number of rotatable bonds is 4. The first kappa shape index (κ1) is 18.1. The van der Waals surface area contributed by atoms with Gasteiger partial charge in [0.1, 0.15) is 4.21 Å². The zero-order valence-electron chi connectivity index (χ0n) is 14.4. The average Bonchev–Trinajstić information content (AvgIpc) is 3.13. The number of piperidine rings is 1. The fraction of sp³-hybridized carbons (Fsp3) is 0.389. The average molecular weight is 379 g/mol. The Morgan fingerprint density at radius 1 is 1.28 bits per heavy atom. The summed E-state index contributed by atoms with van der Waals surface area (Å²) in [7, 11) is -3.50. The summed E-state index contributed by atoms with van der Waals surface area (Å²) in [6.07, 6.45) is 1.39. The van der Waals surface area contributed by atoms with Crippen molar-refractivity contribution in [3.63, 3.8) is 0 Å². The van der Waals surface area contributed by atoms with Crippen LogP contribution in [0.15, 0.2) is 39.9 Å². The number of carbonyl (C=O) groups is 1. The molecule has 7 heteroatoms. The van der Waals surface area contributed by atoms with E-state index in [0.29, 0.717) is 23.6 Å². The lowest BCUT2D eigenvalue weighted by atomic mass is 9.98. The summed E-state index contributed by atoms with van der Waals surface area (Å²) in [5.74, 6) is -0.442. The van der Waals surface area contributed by atoms with Crippen LogP contribution in [0.3, 0.4) is 0 Å². The second-order valence-electron chi connectivity index (χ2n) is 6.44. The van der Waals surface area contributed by atoms with E-state index in [4.69, 9.17) is 0 Å². The molecule has 1 N–H and O–H groups in total. The van der Waals surface area contributed by atoms with Gasteiger partial charge in [0.15, 0.2) is 0 Å². The Morgan fingerprint density at radius 3 is 2.80 bits per heavy atom. The van der Waals surface area contributed by atoms with Gasteiger partial charge in [-0.05, 0) is 55.3 Å². The van der Waals surface area contributed by atoms with Crippen molar-refractivity contribution >= 4 is 33.0 Å². The molecule has 0 spiro atoms. The van der Waals surface area contributed by atoms with Crippen LogP contribution >= 0.6 is 11.3 Å². The van der Waals surface area contributed by atoms with Crippen LogP contribution in [0, 0.1) is 19.8 Å². The molecule has 2 heterocycles. The van der Waals surface area contributed by atoms with Crippen LogP contribution < -0.4 is 5.32 Å². The lowest BCUT2D eigenvalue weighted by Gasteiger charge is -2.31. The summed E-state index contributed by atoms with van der Waals surface area (Å²) in [5, 5.41) is 4.72. The van der Waals surface area contributed by atoms with Crippen molar-refractivity contribution in [1.82, 2.24) is 4.31 Å². The quantitative estimate of drug-likeness (QED) is 0.887. The zero-order valence-corrected chi connectivity index (χ0v) is 16.0. The van der Waals surface area contributed by atoms with E-state index in [-0.39, 0.29) is 18.4 Å². The zero-order chi connectivity index (χ0) is 18.0. The third kappa shape index (κ3) is 3.94. The van der Waals surface area contributed by atoms with Crippen molar-refractivity contribution in [2.45, 2.75) is 30.9 Å². The first-order valence-corrected chi connectivity index (χ1v) is 10.6. The summed E-state index contributed by atoms with van der Waals surface area (Å²) in [4.78, 5) is 12.7. The smallest absolute Gasteiger partial charge is 0.252 e. The van der Waals surface area contributed by atoms with Crippen LogP contribution in [0.25, 0.3) is 0 Å². The van der Waals surface area contributed by atoms with E-state index in [0.717, 1.165) is 16.8 Å². The van der Waals surface area contributed by atoms with Gasteiger partial charge in [0.05, 0.1) is 5.92 Å². The van der Waals surface area contributed by atoms with E-state index in [1.807, 2.05) is 32.0 Å². The molecule has 134 valence electrons. The molecule has 1 fully saturated rings. The lowest BCUT2D eigenvalue weighted by Crippen LogP contribution is -2.43. The van der Waals surface area contributed by atoms with E-state index in [9.17, 15) is 13.2 Å². The minimum Gasteiger partial charge on any atom is -0.326 e. The molecule has 1 atom stereocenters. The Kier molecular flexibility index (Phi) is 5.27. The molecule has 0 aliphatic carbocycles. The molecule has 25 heavy (non-hydrogen) atoms. The van der Waals surface area contributed by atoms with Gasteiger partial charge in [0.2, 0.25) is 5.91 Å². The molecule has 5 nitrogen and oxygen atoms in total. The van der Waals surface area contributed by atoms with Crippen molar-refractivity contribution in [3.8, 4) is 0 Å². The first-order chi connectivity index (χ1) is 11.9. The summed E-state index contributed by atoms with van der Waals surface area (Å²) < 4.78 is 27.1. The minimum absolute atomic E-state index is 0.111. The Balaban J connectivity index is 1.73. The second-order valence-corrected chi connectivity index (χ2v) is 9.55. The minimum atomic E-state index is -3.50. The maximum Gasteiger partial charge on any atom is 0.252 e. The Morgan fingerprint density at radius 2 is 2.08 bits per heavy atom. The fourth-order valence-electron chi connectivity index (χ4n) is 3.02. The highest BCUT2D eigenvalue weighted by Gasteiger charge is 2.33. The van der Waals surface area contributed by atoms with Crippen molar-refractivity contribution in [2.75, 3.05) is 18.4 Å². The van der Waals surface area contributed by atoms with Crippen LogP contribution in [0.4, 0.5) is 5.69 Å². The Hall–Kier alpha value is -1.70. The highest BCUT2D eigenvalue weighted by molar-refractivity contribution is 7.91. The van der Waals surface area contributed by atoms with Gasteiger partial charge in [-0.15, -0.1) is 11.3 Å². The van der Waals surface area contributed by atoms with Crippen molar-refractivity contribution in [3.05, 3.63) is 46.8 Å². The molecule has 0 bridgehead atoms. The Labute approximate surface area is 152 Å². The largest absolute Gasteiger partial charge is 0.326 e. The van der Waals surface area contributed by atoms with Crippen molar-refractivity contribution < 1.29 is 13.2 Å². The molecule has 1 unspecified atom stereocenters. The van der Waals surface area contributed by atoms with Crippen LogP contribution in [-0.2, 0) is 14.8 Å². The molecule has 1 aliphatic rings. The molecule has 0 saturated carbocycles. The number of carbonyl (C=O) groups excluding carboxylic acids is 1. The normalized spacial score (nSPS) is 18.9. The van der Waals surface area contributed by atoms with E-state index in [1.165, 1.54) is 15.6 Å². The molecule has 1 aromatic carbocycles. The van der Waals surface area contributed by atoms with E-state index < -0.39 is 10.0 Å². The number of hydrogen-bond donors (Lipinski definition) is 1. The highest BCUT2D eigenvalue weighted by atomic mass is 32.2. The number of anilines is 1. The molecular formula is C18H22N2O3S2.